The van der Waals surface area contributed by atoms with Gasteiger partial charge in [0.1, 0.15) is 0 Å². The first kappa shape index (κ1) is 15.1. The lowest BCUT2D eigenvalue weighted by Gasteiger charge is -2.42. The van der Waals surface area contributed by atoms with Crippen LogP contribution in [0.15, 0.2) is 84.9 Å². The van der Waals surface area contributed by atoms with Crippen molar-refractivity contribution in [2.24, 2.45) is 5.92 Å². The minimum Gasteiger partial charge on any atom is -0.401 e. The van der Waals surface area contributed by atoms with Crippen LogP contribution in [0.3, 0.4) is 0 Å². The summed E-state index contributed by atoms with van der Waals surface area (Å²) in [5, 5.41) is 2.81. The quantitative estimate of drug-likeness (QED) is 0.638. The van der Waals surface area contributed by atoms with Gasteiger partial charge in [0.05, 0.1) is 6.10 Å². The van der Waals surface area contributed by atoms with Gasteiger partial charge in [-0.25, -0.2) is 0 Å². The molecule has 1 aliphatic carbocycles. The fourth-order valence-electron chi connectivity index (χ4n) is 4.72. The third-order valence-electron chi connectivity index (χ3n) is 5.95. The summed E-state index contributed by atoms with van der Waals surface area (Å²) < 4.78 is 7.14. The summed E-state index contributed by atoms with van der Waals surface area (Å²) in [5.41, 5.74) is 2.92. The van der Waals surface area contributed by atoms with Gasteiger partial charge in [0.15, 0.2) is 0 Å². The molecule has 124 valence electrons. The average Bonchev–Trinajstić information content (AvgIpc) is 3.07. The van der Waals surface area contributed by atoms with E-state index in [9.17, 15) is 0 Å². The van der Waals surface area contributed by atoms with Crippen LogP contribution in [0.1, 0.15) is 23.7 Å². The first-order valence-electron chi connectivity index (χ1n) is 9.23. The van der Waals surface area contributed by atoms with Gasteiger partial charge in [0, 0.05) is 0 Å². The summed E-state index contributed by atoms with van der Waals surface area (Å²) >= 11 is 0. The van der Waals surface area contributed by atoms with Crippen LogP contribution in [0, 0.1) is 5.92 Å². The number of fused-ring (bicyclic) bond motifs is 3. The monoisotopic (exact) mass is 342 g/mol. The van der Waals surface area contributed by atoms with Gasteiger partial charge in [0.2, 0.25) is 0 Å². The minimum absolute atomic E-state index is 0.261. The van der Waals surface area contributed by atoms with E-state index >= 15 is 0 Å². The van der Waals surface area contributed by atoms with E-state index in [1.807, 2.05) is 0 Å². The Hall–Kier alpha value is -2.16. The van der Waals surface area contributed by atoms with E-state index in [-0.39, 0.29) is 6.10 Å². The van der Waals surface area contributed by atoms with E-state index in [1.165, 1.54) is 40.4 Å². The average molecular weight is 343 g/mol. The van der Waals surface area contributed by atoms with Crippen LogP contribution >= 0.6 is 0 Å². The molecule has 1 aliphatic heterocycles. The molecule has 1 saturated heterocycles. The van der Waals surface area contributed by atoms with E-state index in [0.29, 0.717) is 5.92 Å². The van der Waals surface area contributed by atoms with Crippen LogP contribution in [0.2, 0.25) is 6.04 Å². The van der Waals surface area contributed by atoms with Crippen molar-refractivity contribution < 1.29 is 4.43 Å². The lowest BCUT2D eigenvalue weighted by atomic mass is 10.0. The highest BCUT2D eigenvalue weighted by molar-refractivity contribution is 6.97. The van der Waals surface area contributed by atoms with Crippen LogP contribution in [0.25, 0.3) is 0 Å². The first-order valence-corrected chi connectivity index (χ1v) is 11.3. The molecule has 0 saturated carbocycles. The lowest BCUT2D eigenvalue weighted by Crippen LogP contribution is -2.63. The second-order valence-corrected chi connectivity index (χ2v) is 10.8. The second kappa shape index (κ2) is 5.97. The highest BCUT2D eigenvalue weighted by Crippen LogP contribution is 2.47. The molecule has 25 heavy (non-hydrogen) atoms. The topological polar surface area (TPSA) is 9.23 Å². The summed E-state index contributed by atoms with van der Waals surface area (Å²) in [6, 6.07) is 32.0. The summed E-state index contributed by atoms with van der Waals surface area (Å²) in [7, 11) is -2.19. The zero-order valence-corrected chi connectivity index (χ0v) is 15.3. The molecular weight excluding hydrogens is 320 g/mol. The molecular formula is C23H22OSi. The van der Waals surface area contributed by atoms with Crippen molar-refractivity contribution in [3.63, 3.8) is 0 Å². The van der Waals surface area contributed by atoms with Gasteiger partial charge < -0.3 is 4.43 Å². The molecule has 0 bridgehead atoms. The number of benzene rings is 3. The van der Waals surface area contributed by atoms with Crippen LogP contribution in [-0.4, -0.2) is 8.32 Å². The molecule has 0 radical (unpaired) electrons. The Balaban J connectivity index is 1.64. The van der Waals surface area contributed by atoms with Crippen LogP contribution in [0.4, 0.5) is 0 Å². The summed E-state index contributed by atoms with van der Waals surface area (Å²) in [6.45, 7) is 0. The van der Waals surface area contributed by atoms with Crippen molar-refractivity contribution in [2.75, 3.05) is 0 Å². The fraction of sp³-hybridized carbons (Fsp3) is 0.217. The van der Waals surface area contributed by atoms with Crippen molar-refractivity contribution in [1.29, 1.82) is 0 Å². The van der Waals surface area contributed by atoms with Gasteiger partial charge in [0.25, 0.3) is 8.32 Å². The van der Waals surface area contributed by atoms with Gasteiger partial charge in [-0.15, -0.1) is 0 Å². The molecule has 1 nitrogen and oxygen atoms in total. The normalized spacial score (nSPS) is 23.7. The zero-order valence-electron chi connectivity index (χ0n) is 14.3. The van der Waals surface area contributed by atoms with Crippen molar-refractivity contribution in [2.45, 2.75) is 25.0 Å². The Morgan fingerprint density at radius 3 is 2.00 bits per heavy atom. The highest BCUT2D eigenvalue weighted by atomic mass is 28.4. The Bertz CT molecular complexity index is 835. The maximum atomic E-state index is 7.14. The minimum atomic E-state index is -2.19. The molecule has 3 aromatic carbocycles. The molecule has 0 aromatic heterocycles. The largest absolute Gasteiger partial charge is 0.401 e. The maximum Gasteiger partial charge on any atom is 0.256 e. The number of hydrogen-bond acceptors (Lipinski definition) is 1. The van der Waals surface area contributed by atoms with Crippen molar-refractivity contribution in [3.05, 3.63) is 96.1 Å². The van der Waals surface area contributed by atoms with Gasteiger partial charge in [-0.1, -0.05) is 84.9 Å². The Labute approximate surface area is 150 Å². The van der Waals surface area contributed by atoms with E-state index in [2.05, 4.69) is 84.9 Å². The zero-order chi connectivity index (χ0) is 16.7. The standard InChI is InChI=1S/C23H22OSi/c1-3-10-20(11-4-1)25(21-12-5-2-6-13-21)16-15-19-17-18-9-7-8-14-22(18)23(19)24-25/h1-14,19,23H,15-17H2/t19-,23+/m1/s1. The molecule has 0 spiro atoms. The SMILES string of the molecule is c1ccc([Si]2(c3ccccc3)CC[C@@H]3Cc4ccccc4[C@H]3O2)cc1. The molecule has 2 heteroatoms. The van der Waals surface area contributed by atoms with E-state index in [1.54, 1.807) is 0 Å². The molecule has 3 aromatic rings. The van der Waals surface area contributed by atoms with Gasteiger partial charge in [-0.2, -0.15) is 0 Å². The Morgan fingerprint density at radius 1 is 0.720 bits per heavy atom. The molecule has 1 heterocycles. The highest BCUT2D eigenvalue weighted by Gasteiger charge is 2.49. The fourth-order valence-corrected chi connectivity index (χ4v) is 9.02. The summed E-state index contributed by atoms with van der Waals surface area (Å²) in [4.78, 5) is 0. The molecule has 2 atom stereocenters. The first-order chi connectivity index (χ1) is 12.4. The Morgan fingerprint density at radius 2 is 1.32 bits per heavy atom. The molecule has 0 amide bonds. The van der Waals surface area contributed by atoms with E-state index < -0.39 is 8.32 Å². The smallest absolute Gasteiger partial charge is 0.256 e. The van der Waals surface area contributed by atoms with Crippen molar-refractivity contribution in [3.8, 4) is 0 Å². The van der Waals surface area contributed by atoms with Crippen LogP contribution in [0.5, 0.6) is 0 Å². The molecule has 1 fully saturated rings. The third kappa shape index (κ3) is 2.40. The lowest BCUT2D eigenvalue weighted by molar-refractivity contribution is 0.120. The van der Waals surface area contributed by atoms with Crippen molar-refractivity contribution in [1.82, 2.24) is 0 Å². The number of hydrogen-bond donors (Lipinski definition) is 0. The van der Waals surface area contributed by atoms with E-state index in [0.717, 1.165) is 0 Å². The molecule has 0 unspecified atom stereocenters. The third-order valence-corrected chi connectivity index (χ3v) is 10.1. The second-order valence-electron chi connectivity index (χ2n) is 7.30. The predicted octanol–water partition coefficient (Wildman–Crippen LogP) is 4.08. The summed E-state index contributed by atoms with van der Waals surface area (Å²) in [5.74, 6) is 0.644. The maximum absolute atomic E-state index is 7.14. The Kier molecular flexibility index (Phi) is 3.61. The van der Waals surface area contributed by atoms with Crippen LogP contribution < -0.4 is 10.4 Å². The molecule has 5 rings (SSSR count). The van der Waals surface area contributed by atoms with E-state index in [4.69, 9.17) is 4.43 Å². The molecule has 0 N–H and O–H groups in total. The van der Waals surface area contributed by atoms with Gasteiger partial charge in [-0.3, -0.25) is 0 Å². The summed E-state index contributed by atoms with van der Waals surface area (Å²) in [6.07, 6.45) is 2.70. The predicted molar refractivity (Wildman–Crippen MR) is 105 cm³/mol. The van der Waals surface area contributed by atoms with Crippen LogP contribution in [-0.2, 0) is 10.8 Å². The molecule has 2 aliphatic rings. The van der Waals surface area contributed by atoms with Gasteiger partial charge >= 0.3 is 0 Å². The van der Waals surface area contributed by atoms with Gasteiger partial charge in [-0.05, 0) is 46.3 Å². The van der Waals surface area contributed by atoms with Crippen molar-refractivity contribution >= 4 is 18.7 Å². The number of rotatable bonds is 2.